The minimum atomic E-state index is 0.0695. The highest BCUT2D eigenvalue weighted by Crippen LogP contribution is 2.34. The Bertz CT molecular complexity index is 973. The van der Waals surface area contributed by atoms with Crippen molar-refractivity contribution in [1.82, 2.24) is 29.8 Å². The normalized spacial score (nSPS) is 14.2. The number of aromatic nitrogens is 6. The van der Waals surface area contributed by atoms with E-state index in [9.17, 15) is 4.79 Å². The second kappa shape index (κ2) is 6.87. The number of rotatable bonds is 5. The highest BCUT2D eigenvalue weighted by atomic mass is 32.2. The first-order chi connectivity index (χ1) is 12.2. The first-order valence-corrected chi connectivity index (χ1v) is 10.4. The molecule has 3 heterocycles. The fourth-order valence-electron chi connectivity index (χ4n) is 3.24. The molecule has 0 atom stereocenters. The van der Waals surface area contributed by atoms with Gasteiger partial charge in [0.05, 0.1) is 11.1 Å². The Balaban J connectivity index is 1.67. The summed E-state index contributed by atoms with van der Waals surface area (Å²) < 4.78 is 3.48. The number of aryl methyl sites for hydroxylation is 3. The predicted molar refractivity (Wildman–Crippen MR) is 99.2 cm³/mol. The molecule has 0 aliphatic heterocycles. The van der Waals surface area contributed by atoms with Gasteiger partial charge in [0.15, 0.2) is 11.0 Å². The minimum Gasteiger partial charge on any atom is -0.290 e. The molecule has 3 aromatic rings. The molecule has 3 aromatic heterocycles. The Hall–Kier alpha value is -1.74. The van der Waals surface area contributed by atoms with E-state index in [1.165, 1.54) is 35.0 Å². The Morgan fingerprint density at radius 3 is 2.96 bits per heavy atom. The van der Waals surface area contributed by atoms with Gasteiger partial charge in [-0.25, -0.2) is 9.67 Å². The van der Waals surface area contributed by atoms with Gasteiger partial charge in [-0.15, -0.1) is 16.4 Å². The molecule has 0 fully saturated rings. The summed E-state index contributed by atoms with van der Waals surface area (Å²) in [6.45, 7) is 2.89. The van der Waals surface area contributed by atoms with Crippen LogP contribution < -0.4 is 5.56 Å². The van der Waals surface area contributed by atoms with E-state index in [1.807, 2.05) is 4.68 Å². The smallest absolute Gasteiger partial charge is 0.262 e. The third kappa shape index (κ3) is 2.99. The lowest BCUT2D eigenvalue weighted by atomic mass is 9.97. The lowest BCUT2D eigenvalue weighted by molar-refractivity contribution is 0.564. The summed E-state index contributed by atoms with van der Waals surface area (Å²) in [6.07, 6.45) is 5.44. The molecule has 4 rings (SSSR count). The van der Waals surface area contributed by atoms with E-state index in [1.54, 1.807) is 23.0 Å². The molecule has 0 spiro atoms. The number of thiophene rings is 1. The third-order valence-electron chi connectivity index (χ3n) is 4.53. The van der Waals surface area contributed by atoms with Crippen LogP contribution in [0.2, 0.25) is 0 Å². The van der Waals surface area contributed by atoms with Crippen molar-refractivity contribution >= 4 is 33.3 Å². The largest absolute Gasteiger partial charge is 0.290 e. The molecule has 0 saturated carbocycles. The lowest BCUT2D eigenvalue weighted by Crippen LogP contribution is -2.20. The van der Waals surface area contributed by atoms with Crippen LogP contribution in [0, 0.1) is 0 Å². The summed E-state index contributed by atoms with van der Waals surface area (Å²) in [5.41, 5.74) is 1.31. The van der Waals surface area contributed by atoms with Gasteiger partial charge < -0.3 is 0 Å². The number of tetrazole rings is 1. The molecule has 0 bridgehead atoms. The molecule has 25 heavy (non-hydrogen) atoms. The summed E-state index contributed by atoms with van der Waals surface area (Å²) in [5, 5.41) is 13.4. The average Bonchev–Trinajstić information content (AvgIpc) is 3.21. The quantitative estimate of drug-likeness (QED) is 0.503. The van der Waals surface area contributed by atoms with E-state index in [0.29, 0.717) is 5.75 Å². The Kier molecular flexibility index (Phi) is 4.60. The third-order valence-corrected chi connectivity index (χ3v) is 6.74. The summed E-state index contributed by atoms with van der Waals surface area (Å²) in [5.74, 6) is 1.41. The van der Waals surface area contributed by atoms with Crippen molar-refractivity contribution in [1.29, 1.82) is 0 Å². The molecule has 0 unspecified atom stereocenters. The van der Waals surface area contributed by atoms with E-state index in [-0.39, 0.29) is 5.56 Å². The van der Waals surface area contributed by atoms with Crippen molar-refractivity contribution in [3.05, 3.63) is 26.6 Å². The molecule has 0 radical (unpaired) electrons. The van der Waals surface area contributed by atoms with Crippen molar-refractivity contribution < 1.29 is 0 Å². The Morgan fingerprint density at radius 2 is 2.12 bits per heavy atom. The summed E-state index contributed by atoms with van der Waals surface area (Å²) >= 11 is 3.20. The van der Waals surface area contributed by atoms with Crippen LogP contribution in [-0.4, -0.2) is 29.8 Å². The van der Waals surface area contributed by atoms with E-state index < -0.39 is 0 Å². The standard InChI is InChI=1S/C16H20N6OS2/c1-3-8-22-12(18-19-20-22)9-24-16-17-14-13(15(23)21(16)2)10-6-4-5-7-11(10)25-14/h3-9H2,1-2H3. The number of hydrogen-bond acceptors (Lipinski definition) is 7. The zero-order valence-corrected chi connectivity index (χ0v) is 16.0. The second-order valence-corrected chi connectivity index (χ2v) is 8.28. The van der Waals surface area contributed by atoms with Crippen molar-refractivity contribution in [3.63, 3.8) is 0 Å². The molecular weight excluding hydrogens is 356 g/mol. The van der Waals surface area contributed by atoms with Gasteiger partial charge in [-0.05, 0) is 48.1 Å². The summed E-state index contributed by atoms with van der Waals surface area (Å²) in [7, 11) is 1.80. The second-order valence-electron chi connectivity index (χ2n) is 6.26. The number of hydrogen-bond donors (Lipinski definition) is 0. The van der Waals surface area contributed by atoms with Gasteiger partial charge in [0.1, 0.15) is 4.83 Å². The van der Waals surface area contributed by atoms with E-state index in [0.717, 1.165) is 47.0 Å². The van der Waals surface area contributed by atoms with Gasteiger partial charge in [-0.2, -0.15) is 0 Å². The van der Waals surface area contributed by atoms with Crippen LogP contribution in [0.5, 0.6) is 0 Å². The number of fused-ring (bicyclic) bond motifs is 3. The maximum atomic E-state index is 12.9. The molecule has 0 aromatic carbocycles. The lowest BCUT2D eigenvalue weighted by Gasteiger charge is -2.10. The van der Waals surface area contributed by atoms with Crippen LogP contribution >= 0.6 is 23.1 Å². The van der Waals surface area contributed by atoms with Crippen LogP contribution in [0.1, 0.15) is 42.5 Å². The topological polar surface area (TPSA) is 78.5 Å². The van der Waals surface area contributed by atoms with Gasteiger partial charge in [-0.1, -0.05) is 18.7 Å². The van der Waals surface area contributed by atoms with Crippen LogP contribution in [0.3, 0.4) is 0 Å². The van der Waals surface area contributed by atoms with Crippen LogP contribution in [-0.2, 0) is 32.2 Å². The monoisotopic (exact) mass is 376 g/mol. The SMILES string of the molecule is CCCn1nnnc1CSc1nc2sc3c(c2c(=O)n1C)CCCC3. The first-order valence-electron chi connectivity index (χ1n) is 8.58. The zero-order chi connectivity index (χ0) is 17.4. The van der Waals surface area contributed by atoms with Gasteiger partial charge >= 0.3 is 0 Å². The molecule has 9 heteroatoms. The Labute approximate surface area is 153 Å². The predicted octanol–water partition coefficient (Wildman–Crippen LogP) is 2.56. The maximum absolute atomic E-state index is 12.9. The van der Waals surface area contributed by atoms with Crippen LogP contribution in [0.15, 0.2) is 9.95 Å². The molecule has 1 aliphatic rings. The zero-order valence-electron chi connectivity index (χ0n) is 14.4. The summed E-state index contributed by atoms with van der Waals surface area (Å²) in [6, 6.07) is 0. The summed E-state index contributed by atoms with van der Waals surface area (Å²) in [4.78, 5) is 19.9. The highest BCUT2D eigenvalue weighted by molar-refractivity contribution is 7.98. The van der Waals surface area contributed by atoms with E-state index >= 15 is 0 Å². The van der Waals surface area contributed by atoms with Crippen molar-refractivity contribution in [2.45, 2.75) is 56.5 Å². The fraction of sp³-hybridized carbons (Fsp3) is 0.562. The van der Waals surface area contributed by atoms with Gasteiger partial charge in [0.25, 0.3) is 5.56 Å². The molecule has 0 amide bonds. The van der Waals surface area contributed by atoms with Crippen molar-refractivity contribution in [2.24, 2.45) is 7.05 Å². The maximum Gasteiger partial charge on any atom is 0.262 e. The van der Waals surface area contributed by atoms with E-state index in [4.69, 9.17) is 4.98 Å². The molecule has 7 nitrogen and oxygen atoms in total. The molecular formula is C16H20N6OS2. The van der Waals surface area contributed by atoms with Crippen molar-refractivity contribution in [3.8, 4) is 0 Å². The van der Waals surface area contributed by atoms with Crippen molar-refractivity contribution in [2.75, 3.05) is 0 Å². The van der Waals surface area contributed by atoms with Gasteiger partial charge in [0.2, 0.25) is 0 Å². The fourth-order valence-corrected chi connectivity index (χ4v) is 5.44. The number of thioether (sulfide) groups is 1. The minimum absolute atomic E-state index is 0.0695. The van der Waals surface area contributed by atoms with E-state index in [2.05, 4.69) is 22.4 Å². The highest BCUT2D eigenvalue weighted by Gasteiger charge is 2.21. The molecule has 0 N–H and O–H groups in total. The van der Waals surface area contributed by atoms with Crippen LogP contribution in [0.4, 0.5) is 0 Å². The van der Waals surface area contributed by atoms with Crippen LogP contribution in [0.25, 0.3) is 10.2 Å². The first kappa shape index (κ1) is 16.7. The molecule has 132 valence electrons. The molecule has 0 saturated heterocycles. The number of nitrogens with zero attached hydrogens (tertiary/aromatic N) is 6. The Morgan fingerprint density at radius 1 is 1.28 bits per heavy atom. The van der Waals surface area contributed by atoms with Gasteiger partial charge in [-0.3, -0.25) is 9.36 Å². The average molecular weight is 377 g/mol. The van der Waals surface area contributed by atoms with Gasteiger partial charge in [0, 0.05) is 18.5 Å². The molecule has 1 aliphatic carbocycles.